The maximum atomic E-state index is 11.8. The zero-order chi connectivity index (χ0) is 15.7. The number of aryl methyl sites for hydroxylation is 1. The Bertz CT molecular complexity index is 852. The summed E-state index contributed by atoms with van der Waals surface area (Å²) < 4.78 is 4.78. The number of aromatic nitrogens is 2. The average Bonchev–Trinajstić information content (AvgIpc) is 2.95. The lowest BCUT2D eigenvalue weighted by Crippen LogP contribution is -2.02. The number of carbonyl (C=O) groups excluding carboxylic acids is 1. The highest BCUT2D eigenvalue weighted by Gasteiger charge is 2.13. The number of hydrogen-bond donors (Lipinski definition) is 2. The number of ether oxygens (including phenoxy) is 1. The van der Waals surface area contributed by atoms with Crippen LogP contribution < -0.4 is 0 Å². The molecule has 2 aromatic carbocycles. The predicted molar refractivity (Wildman–Crippen MR) is 83.5 cm³/mol. The fourth-order valence-corrected chi connectivity index (χ4v) is 2.65. The molecule has 0 aliphatic carbocycles. The molecule has 0 saturated heterocycles. The Hall–Kier alpha value is -2.66. The van der Waals surface area contributed by atoms with Crippen LogP contribution in [0.5, 0.6) is 0 Å². The van der Waals surface area contributed by atoms with Gasteiger partial charge in [0.2, 0.25) is 0 Å². The molecule has 22 heavy (non-hydrogen) atoms. The molecule has 0 aliphatic rings. The van der Waals surface area contributed by atoms with Crippen molar-refractivity contribution in [1.29, 1.82) is 0 Å². The summed E-state index contributed by atoms with van der Waals surface area (Å²) in [6.45, 7) is 1.79. The van der Waals surface area contributed by atoms with Crippen LogP contribution in [0.15, 0.2) is 36.4 Å². The molecule has 112 valence electrons. The maximum absolute atomic E-state index is 11.8. The van der Waals surface area contributed by atoms with E-state index >= 15 is 0 Å². The zero-order valence-electron chi connectivity index (χ0n) is 12.4. The van der Waals surface area contributed by atoms with Gasteiger partial charge in [0.25, 0.3) is 0 Å². The van der Waals surface area contributed by atoms with Gasteiger partial charge in [-0.25, -0.2) is 4.79 Å². The first-order chi connectivity index (χ1) is 10.6. The number of esters is 1. The number of hydrogen-bond acceptors (Lipinski definition) is 4. The second kappa shape index (κ2) is 5.61. The molecule has 0 bridgehead atoms. The van der Waals surface area contributed by atoms with Gasteiger partial charge >= 0.3 is 5.97 Å². The number of aliphatic hydroxyl groups excluding tert-OH is 1. The molecule has 5 heteroatoms. The SMILES string of the molecule is COC(=O)c1cc(CO)cc(-c2cccc3[nH]nc(C)c23)c1. The number of nitrogens with zero attached hydrogens (tertiary/aromatic N) is 1. The van der Waals surface area contributed by atoms with Crippen molar-refractivity contribution < 1.29 is 14.6 Å². The van der Waals surface area contributed by atoms with E-state index in [0.29, 0.717) is 11.1 Å². The lowest BCUT2D eigenvalue weighted by molar-refractivity contribution is 0.0600. The molecule has 1 aromatic heterocycles. The van der Waals surface area contributed by atoms with E-state index in [1.54, 1.807) is 12.1 Å². The summed E-state index contributed by atoms with van der Waals surface area (Å²) >= 11 is 0. The number of methoxy groups -OCH3 is 1. The Morgan fingerprint density at radius 2 is 2.14 bits per heavy atom. The van der Waals surface area contributed by atoms with Crippen molar-refractivity contribution in [3.63, 3.8) is 0 Å². The van der Waals surface area contributed by atoms with Gasteiger partial charge in [-0.15, -0.1) is 0 Å². The number of carbonyl (C=O) groups is 1. The van der Waals surface area contributed by atoms with Gasteiger partial charge in [0.1, 0.15) is 0 Å². The van der Waals surface area contributed by atoms with Crippen molar-refractivity contribution in [2.45, 2.75) is 13.5 Å². The second-order valence-corrected chi connectivity index (χ2v) is 5.11. The molecule has 0 atom stereocenters. The summed E-state index contributed by atoms with van der Waals surface area (Å²) in [4.78, 5) is 11.8. The van der Waals surface area contributed by atoms with Crippen LogP contribution >= 0.6 is 0 Å². The van der Waals surface area contributed by atoms with Crippen LogP contribution in [-0.4, -0.2) is 28.4 Å². The first-order valence-electron chi connectivity index (χ1n) is 6.91. The maximum Gasteiger partial charge on any atom is 0.337 e. The lowest BCUT2D eigenvalue weighted by atomic mass is 9.96. The Balaban J connectivity index is 2.26. The number of rotatable bonds is 3. The Morgan fingerprint density at radius 3 is 2.86 bits per heavy atom. The normalized spacial score (nSPS) is 10.9. The highest BCUT2D eigenvalue weighted by Crippen LogP contribution is 2.31. The van der Waals surface area contributed by atoms with Gasteiger partial charge in [0, 0.05) is 5.39 Å². The van der Waals surface area contributed by atoms with Gasteiger partial charge in [-0.05, 0) is 47.9 Å². The smallest absolute Gasteiger partial charge is 0.337 e. The molecule has 0 saturated carbocycles. The zero-order valence-corrected chi connectivity index (χ0v) is 12.4. The van der Waals surface area contributed by atoms with E-state index in [0.717, 1.165) is 27.7 Å². The minimum Gasteiger partial charge on any atom is -0.465 e. The third-order valence-corrected chi connectivity index (χ3v) is 3.68. The highest BCUT2D eigenvalue weighted by atomic mass is 16.5. The van der Waals surface area contributed by atoms with Gasteiger partial charge in [0.15, 0.2) is 0 Å². The van der Waals surface area contributed by atoms with Crippen molar-refractivity contribution in [3.05, 3.63) is 53.2 Å². The molecule has 0 fully saturated rings. The van der Waals surface area contributed by atoms with Gasteiger partial charge < -0.3 is 9.84 Å². The van der Waals surface area contributed by atoms with Crippen LogP contribution in [0, 0.1) is 6.92 Å². The van der Waals surface area contributed by atoms with Crippen LogP contribution in [0.1, 0.15) is 21.6 Å². The Kier molecular flexibility index (Phi) is 3.65. The van der Waals surface area contributed by atoms with E-state index in [1.165, 1.54) is 7.11 Å². The molecule has 0 unspecified atom stereocenters. The number of aliphatic hydroxyl groups is 1. The number of fused-ring (bicyclic) bond motifs is 1. The van der Waals surface area contributed by atoms with Crippen LogP contribution in [0.4, 0.5) is 0 Å². The van der Waals surface area contributed by atoms with Crippen LogP contribution in [0.2, 0.25) is 0 Å². The molecule has 0 radical (unpaired) electrons. The highest BCUT2D eigenvalue weighted by molar-refractivity contribution is 5.98. The molecule has 1 heterocycles. The topological polar surface area (TPSA) is 75.2 Å². The van der Waals surface area contributed by atoms with E-state index < -0.39 is 5.97 Å². The summed E-state index contributed by atoms with van der Waals surface area (Å²) in [7, 11) is 1.34. The van der Waals surface area contributed by atoms with E-state index in [2.05, 4.69) is 10.2 Å². The number of nitrogens with one attached hydrogen (secondary N) is 1. The summed E-state index contributed by atoms with van der Waals surface area (Å²) in [6, 6.07) is 11.1. The lowest BCUT2D eigenvalue weighted by Gasteiger charge is -2.09. The standard InChI is InChI=1S/C17H16N2O3/c1-10-16-14(4-3-5-15(16)19-18-10)12-6-11(9-20)7-13(8-12)17(21)22-2/h3-8,20H,9H2,1-2H3,(H,18,19). The summed E-state index contributed by atoms with van der Waals surface area (Å²) in [6.07, 6.45) is 0. The summed E-state index contributed by atoms with van der Waals surface area (Å²) in [5, 5.41) is 17.7. The van der Waals surface area contributed by atoms with E-state index in [1.807, 2.05) is 31.2 Å². The molecule has 0 spiro atoms. The van der Waals surface area contributed by atoms with Crippen molar-refractivity contribution >= 4 is 16.9 Å². The van der Waals surface area contributed by atoms with Crippen molar-refractivity contribution in [2.24, 2.45) is 0 Å². The third kappa shape index (κ3) is 2.35. The van der Waals surface area contributed by atoms with Crippen LogP contribution in [-0.2, 0) is 11.3 Å². The molecule has 3 aromatic rings. The molecule has 0 aliphatic heterocycles. The fraction of sp³-hybridized carbons (Fsp3) is 0.176. The molecule has 3 rings (SSSR count). The molecular weight excluding hydrogens is 280 g/mol. The Morgan fingerprint density at radius 1 is 1.32 bits per heavy atom. The van der Waals surface area contributed by atoms with Gasteiger partial charge in [-0.3, -0.25) is 5.10 Å². The van der Waals surface area contributed by atoms with Gasteiger partial charge in [-0.2, -0.15) is 5.10 Å². The minimum absolute atomic E-state index is 0.141. The Labute approximate surface area is 127 Å². The molecule has 0 amide bonds. The summed E-state index contributed by atoms with van der Waals surface area (Å²) in [5.74, 6) is -0.423. The predicted octanol–water partition coefficient (Wildman–Crippen LogP) is 2.82. The monoisotopic (exact) mass is 296 g/mol. The summed E-state index contributed by atoms with van der Waals surface area (Å²) in [5.41, 5.74) is 4.72. The van der Waals surface area contributed by atoms with E-state index in [9.17, 15) is 9.90 Å². The quantitative estimate of drug-likeness (QED) is 0.729. The van der Waals surface area contributed by atoms with E-state index in [-0.39, 0.29) is 6.61 Å². The number of aromatic amines is 1. The van der Waals surface area contributed by atoms with Crippen molar-refractivity contribution in [3.8, 4) is 11.1 Å². The molecule has 5 nitrogen and oxygen atoms in total. The first-order valence-corrected chi connectivity index (χ1v) is 6.91. The minimum atomic E-state index is -0.423. The third-order valence-electron chi connectivity index (χ3n) is 3.68. The fourth-order valence-electron chi connectivity index (χ4n) is 2.65. The molecular formula is C17H16N2O3. The van der Waals surface area contributed by atoms with Crippen molar-refractivity contribution in [2.75, 3.05) is 7.11 Å². The first kappa shape index (κ1) is 14.3. The largest absolute Gasteiger partial charge is 0.465 e. The second-order valence-electron chi connectivity index (χ2n) is 5.11. The van der Waals surface area contributed by atoms with Crippen molar-refractivity contribution in [1.82, 2.24) is 10.2 Å². The number of H-pyrrole nitrogens is 1. The molecule has 2 N–H and O–H groups in total. The van der Waals surface area contributed by atoms with Gasteiger partial charge in [-0.1, -0.05) is 12.1 Å². The van der Waals surface area contributed by atoms with Crippen LogP contribution in [0.25, 0.3) is 22.0 Å². The van der Waals surface area contributed by atoms with Crippen LogP contribution in [0.3, 0.4) is 0 Å². The number of benzene rings is 2. The van der Waals surface area contributed by atoms with Gasteiger partial charge in [0.05, 0.1) is 30.5 Å². The average molecular weight is 296 g/mol. The van der Waals surface area contributed by atoms with E-state index in [4.69, 9.17) is 4.74 Å².